The Bertz CT molecular complexity index is 351. The normalized spacial score (nSPS) is 13.4. The average molecular weight is 252 g/mol. The molecule has 1 amide bonds. The van der Waals surface area contributed by atoms with E-state index < -0.39 is 31.2 Å². The Kier molecular flexibility index (Phi) is 4.37. The zero-order chi connectivity index (χ0) is 12.9. The molecule has 1 aromatic rings. The van der Waals surface area contributed by atoms with Crippen LogP contribution in [0.2, 0.25) is 0 Å². The Labute approximate surface area is 94.2 Å². The van der Waals surface area contributed by atoms with Crippen molar-refractivity contribution >= 4 is 5.91 Å². The number of amides is 1. The van der Waals surface area contributed by atoms with Crippen LogP contribution in [0.4, 0.5) is 13.2 Å². The number of tetrazole rings is 1. The largest absolute Gasteiger partial charge is 0.401 e. The number of alkyl halides is 3. The van der Waals surface area contributed by atoms with E-state index in [9.17, 15) is 18.0 Å². The third-order valence-electron chi connectivity index (χ3n) is 1.74. The van der Waals surface area contributed by atoms with Crippen molar-refractivity contribution in [3.05, 3.63) is 5.82 Å². The summed E-state index contributed by atoms with van der Waals surface area (Å²) in [7, 11) is 0. The summed E-state index contributed by atoms with van der Waals surface area (Å²) in [5, 5.41) is 17.1. The van der Waals surface area contributed by atoms with E-state index in [2.05, 4.69) is 25.9 Å². The maximum atomic E-state index is 11.8. The predicted octanol–water partition coefficient (Wildman–Crippen LogP) is -0.471. The number of nitrogens with one attached hydrogen (secondary N) is 3. The summed E-state index contributed by atoms with van der Waals surface area (Å²) in [5.74, 6) is -0.319. The lowest BCUT2D eigenvalue weighted by atomic mass is 10.3. The van der Waals surface area contributed by atoms with Gasteiger partial charge in [-0.15, -0.1) is 10.2 Å². The summed E-state index contributed by atoms with van der Waals surface area (Å²) in [4.78, 5) is 11.2. The number of aromatic nitrogens is 4. The first-order valence-electron chi connectivity index (χ1n) is 4.68. The van der Waals surface area contributed by atoms with Gasteiger partial charge in [-0.05, 0) is 6.92 Å². The summed E-state index contributed by atoms with van der Waals surface area (Å²) in [6.45, 7) is -0.0504. The molecule has 0 saturated carbocycles. The fourth-order valence-electron chi connectivity index (χ4n) is 1.03. The average Bonchev–Trinajstić information content (AvgIpc) is 2.67. The lowest BCUT2D eigenvalue weighted by Gasteiger charge is -2.11. The summed E-state index contributed by atoms with van der Waals surface area (Å²) in [6, 6.07) is -0.520. The van der Waals surface area contributed by atoms with Crippen molar-refractivity contribution in [3.63, 3.8) is 0 Å². The van der Waals surface area contributed by atoms with Gasteiger partial charge in [0.05, 0.1) is 19.1 Å². The van der Waals surface area contributed by atoms with Crippen molar-refractivity contribution in [2.24, 2.45) is 0 Å². The number of H-pyrrole nitrogens is 1. The summed E-state index contributed by atoms with van der Waals surface area (Å²) in [5.41, 5.74) is 0. The zero-order valence-electron chi connectivity index (χ0n) is 8.88. The molecule has 96 valence electrons. The standard InChI is InChI=1S/C7H11F3N6O/c1-4(6-13-15-16-14-6)12-5(17)2-11-3-7(8,9)10/h4,11H,2-3H2,1H3,(H,12,17)(H,13,14,15,16). The first kappa shape index (κ1) is 13.4. The second-order valence-corrected chi connectivity index (χ2v) is 3.28. The maximum Gasteiger partial charge on any atom is 0.401 e. The van der Waals surface area contributed by atoms with Crippen molar-refractivity contribution in [2.45, 2.75) is 19.1 Å². The minimum atomic E-state index is -4.33. The number of halogens is 3. The molecule has 1 unspecified atom stereocenters. The van der Waals surface area contributed by atoms with Crippen LogP contribution in [0.5, 0.6) is 0 Å². The molecule has 17 heavy (non-hydrogen) atoms. The smallest absolute Gasteiger partial charge is 0.345 e. The molecular weight excluding hydrogens is 241 g/mol. The van der Waals surface area contributed by atoms with Crippen molar-refractivity contribution in [2.75, 3.05) is 13.1 Å². The van der Waals surface area contributed by atoms with Gasteiger partial charge in [-0.1, -0.05) is 5.21 Å². The van der Waals surface area contributed by atoms with Crippen LogP contribution in [0.1, 0.15) is 18.8 Å². The number of hydrogen-bond donors (Lipinski definition) is 3. The van der Waals surface area contributed by atoms with E-state index in [-0.39, 0.29) is 5.82 Å². The Morgan fingerprint density at radius 1 is 1.53 bits per heavy atom. The van der Waals surface area contributed by atoms with E-state index >= 15 is 0 Å². The lowest BCUT2D eigenvalue weighted by Crippen LogP contribution is -2.39. The number of aromatic amines is 1. The number of nitrogens with zero attached hydrogens (tertiary/aromatic N) is 3. The fraction of sp³-hybridized carbons (Fsp3) is 0.714. The molecule has 0 aromatic carbocycles. The third kappa shape index (κ3) is 5.24. The van der Waals surface area contributed by atoms with Gasteiger partial charge in [-0.2, -0.15) is 18.4 Å². The second kappa shape index (κ2) is 5.57. The number of rotatable bonds is 5. The molecule has 0 spiro atoms. The third-order valence-corrected chi connectivity index (χ3v) is 1.74. The van der Waals surface area contributed by atoms with Crippen molar-refractivity contribution in [1.82, 2.24) is 31.3 Å². The van der Waals surface area contributed by atoms with Gasteiger partial charge in [0, 0.05) is 0 Å². The van der Waals surface area contributed by atoms with Crippen molar-refractivity contribution in [3.8, 4) is 0 Å². The molecule has 3 N–H and O–H groups in total. The van der Waals surface area contributed by atoms with Gasteiger partial charge >= 0.3 is 6.18 Å². The van der Waals surface area contributed by atoms with Gasteiger partial charge in [0.2, 0.25) is 5.91 Å². The van der Waals surface area contributed by atoms with E-state index in [0.29, 0.717) is 0 Å². The van der Waals surface area contributed by atoms with E-state index in [1.54, 1.807) is 6.92 Å². The topological polar surface area (TPSA) is 95.6 Å². The minimum absolute atomic E-state index is 0.258. The number of hydrogen-bond acceptors (Lipinski definition) is 5. The van der Waals surface area contributed by atoms with Gasteiger partial charge in [-0.25, -0.2) is 0 Å². The van der Waals surface area contributed by atoms with E-state index in [1.807, 2.05) is 5.32 Å². The quantitative estimate of drug-likeness (QED) is 0.658. The van der Waals surface area contributed by atoms with Gasteiger partial charge in [0.1, 0.15) is 0 Å². The van der Waals surface area contributed by atoms with Gasteiger partial charge in [0.25, 0.3) is 0 Å². The predicted molar refractivity (Wildman–Crippen MR) is 49.7 cm³/mol. The molecule has 0 radical (unpaired) electrons. The van der Waals surface area contributed by atoms with Crippen molar-refractivity contribution in [1.29, 1.82) is 0 Å². The SMILES string of the molecule is CC(NC(=O)CNCC(F)(F)F)c1nn[nH]n1. The number of carbonyl (C=O) groups excluding carboxylic acids is 1. The molecule has 7 nitrogen and oxygen atoms in total. The van der Waals surface area contributed by atoms with Crippen LogP contribution in [0.25, 0.3) is 0 Å². The molecular formula is C7H11F3N6O. The Hall–Kier alpha value is -1.71. The second-order valence-electron chi connectivity index (χ2n) is 3.28. The monoisotopic (exact) mass is 252 g/mol. The molecule has 0 aliphatic rings. The van der Waals surface area contributed by atoms with Crippen LogP contribution in [0, 0.1) is 0 Å². The van der Waals surface area contributed by atoms with Crippen LogP contribution < -0.4 is 10.6 Å². The molecule has 0 aliphatic heterocycles. The van der Waals surface area contributed by atoms with Gasteiger partial charge in [-0.3, -0.25) is 4.79 Å². The Balaban J connectivity index is 2.26. The minimum Gasteiger partial charge on any atom is -0.345 e. The highest BCUT2D eigenvalue weighted by molar-refractivity contribution is 5.78. The van der Waals surface area contributed by atoms with E-state index in [4.69, 9.17) is 0 Å². The fourth-order valence-corrected chi connectivity index (χ4v) is 1.03. The van der Waals surface area contributed by atoms with Crippen LogP contribution in [0.3, 0.4) is 0 Å². The molecule has 0 fully saturated rings. The highest BCUT2D eigenvalue weighted by atomic mass is 19.4. The maximum absolute atomic E-state index is 11.8. The highest BCUT2D eigenvalue weighted by Gasteiger charge is 2.26. The van der Waals surface area contributed by atoms with Crippen LogP contribution in [-0.2, 0) is 4.79 Å². The summed E-state index contributed by atoms with van der Waals surface area (Å²) >= 11 is 0. The molecule has 0 saturated heterocycles. The molecule has 0 bridgehead atoms. The number of carbonyl (C=O) groups is 1. The molecule has 1 rings (SSSR count). The lowest BCUT2D eigenvalue weighted by molar-refractivity contribution is -0.128. The molecule has 1 heterocycles. The molecule has 0 aliphatic carbocycles. The molecule has 10 heteroatoms. The first-order valence-corrected chi connectivity index (χ1v) is 4.68. The van der Waals surface area contributed by atoms with Crippen LogP contribution in [0.15, 0.2) is 0 Å². The van der Waals surface area contributed by atoms with Crippen molar-refractivity contribution < 1.29 is 18.0 Å². The molecule has 1 atom stereocenters. The van der Waals surface area contributed by atoms with Crippen LogP contribution in [-0.4, -0.2) is 45.8 Å². The van der Waals surface area contributed by atoms with E-state index in [1.165, 1.54) is 0 Å². The first-order chi connectivity index (χ1) is 7.88. The van der Waals surface area contributed by atoms with Gasteiger partial charge < -0.3 is 10.6 Å². The highest BCUT2D eigenvalue weighted by Crippen LogP contribution is 2.11. The molecule has 1 aromatic heterocycles. The summed E-state index contributed by atoms with van der Waals surface area (Å²) in [6.07, 6.45) is -4.33. The van der Waals surface area contributed by atoms with E-state index in [0.717, 1.165) is 0 Å². The Morgan fingerprint density at radius 3 is 2.76 bits per heavy atom. The zero-order valence-corrected chi connectivity index (χ0v) is 8.88. The van der Waals surface area contributed by atoms with Crippen LogP contribution >= 0.6 is 0 Å². The Morgan fingerprint density at radius 2 is 2.24 bits per heavy atom. The summed E-state index contributed by atoms with van der Waals surface area (Å²) < 4.78 is 35.3. The van der Waals surface area contributed by atoms with Gasteiger partial charge in [0.15, 0.2) is 5.82 Å².